The van der Waals surface area contributed by atoms with Crippen LogP contribution in [-0.4, -0.2) is 69.5 Å². The van der Waals surface area contributed by atoms with Crippen LogP contribution in [0.25, 0.3) is 0 Å². The fraction of sp³-hybridized carbons (Fsp3) is 0.682. The summed E-state index contributed by atoms with van der Waals surface area (Å²) in [5.74, 6) is 0.901. The molecule has 0 radical (unpaired) electrons. The van der Waals surface area contributed by atoms with Gasteiger partial charge in [-0.2, -0.15) is 0 Å². The van der Waals surface area contributed by atoms with Crippen molar-refractivity contribution in [1.29, 1.82) is 0 Å². The Morgan fingerprint density at radius 1 is 1.21 bits per heavy atom. The zero-order chi connectivity index (χ0) is 19.4. The maximum atomic E-state index is 5.93. The Kier molecular flexibility index (Phi) is 9.07. The minimum Gasteiger partial charge on any atom is -0.381 e. The molecule has 0 aromatic heterocycles. The van der Waals surface area contributed by atoms with Gasteiger partial charge in [-0.3, -0.25) is 9.89 Å². The van der Waals surface area contributed by atoms with E-state index in [4.69, 9.17) is 9.47 Å². The number of aliphatic imine (C=N–C) groups is 1. The van der Waals surface area contributed by atoms with Crippen molar-refractivity contribution in [2.24, 2.45) is 4.99 Å². The molecule has 1 unspecified atom stereocenters. The number of likely N-dealkylation sites (tertiary alicyclic amines) is 1. The summed E-state index contributed by atoms with van der Waals surface area (Å²) in [4.78, 5) is 6.93. The minimum absolute atomic E-state index is 0.379. The summed E-state index contributed by atoms with van der Waals surface area (Å²) < 4.78 is 11.3. The Morgan fingerprint density at radius 3 is 2.82 bits per heavy atom. The SMILES string of the molecule is CN=C(NCCCOC1CCOCC1)NC1CCCN(Cc2ccccc2)C1. The number of nitrogens with one attached hydrogen (secondary N) is 2. The Hall–Kier alpha value is -1.63. The fourth-order valence-electron chi connectivity index (χ4n) is 3.92. The van der Waals surface area contributed by atoms with E-state index in [0.29, 0.717) is 12.1 Å². The van der Waals surface area contributed by atoms with Crippen molar-refractivity contribution in [1.82, 2.24) is 15.5 Å². The normalized spacial score (nSPS) is 22.2. The van der Waals surface area contributed by atoms with E-state index in [2.05, 4.69) is 50.9 Å². The third-order valence-corrected chi connectivity index (χ3v) is 5.45. The predicted molar refractivity (Wildman–Crippen MR) is 114 cm³/mol. The van der Waals surface area contributed by atoms with Gasteiger partial charge in [0.2, 0.25) is 0 Å². The van der Waals surface area contributed by atoms with Gasteiger partial charge in [0, 0.05) is 52.5 Å². The summed E-state index contributed by atoms with van der Waals surface area (Å²) in [5.41, 5.74) is 1.38. The molecule has 2 heterocycles. The molecule has 3 rings (SSSR count). The van der Waals surface area contributed by atoms with Crippen molar-refractivity contribution in [2.75, 3.05) is 46.5 Å². The Labute approximate surface area is 169 Å². The fourth-order valence-corrected chi connectivity index (χ4v) is 3.92. The lowest BCUT2D eigenvalue weighted by Crippen LogP contribution is -2.51. The van der Waals surface area contributed by atoms with Crippen molar-refractivity contribution in [2.45, 2.75) is 50.8 Å². The molecule has 1 aromatic carbocycles. The van der Waals surface area contributed by atoms with Gasteiger partial charge >= 0.3 is 0 Å². The average molecular weight is 389 g/mol. The maximum absolute atomic E-state index is 5.93. The van der Waals surface area contributed by atoms with E-state index in [1.165, 1.54) is 24.9 Å². The topological polar surface area (TPSA) is 58.1 Å². The number of hydrogen-bond acceptors (Lipinski definition) is 4. The monoisotopic (exact) mass is 388 g/mol. The van der Waals surface area contributed by atoms with Gasteiger partial charge in [0.25, 0.3) is 0 Å². The first-order valence-electron chi connectivity index (χ1n) is 10.8. The molecule has 2 aliphatic heterocycles. The van der Waals surface area contributed by atoms with E-state index in [0.717, 1.165) is 64.7 Å². The van der Waals surface area contributed by atoms with E-state index < -0.39 is 0 Å². The molecule has 0 saturated carbocycles. The summed E-state index contributed by atoms with van der Waals surface area (Å²) in [5, 5.41) is 7.04. The largest absolute Gasteiger partial charge is 0.381 e. The van der Waals surface area contributed by atoms with Gasteiger partial charge in [-0.25, -0.2) is 0 Å². The highest BCUT2D eigenvalue weighted by molar-refractivity contribution is 5.79. The highest BCUT2D eigenvalue weighted by Gasteiger charge is 2.20. The molecule has 28 heavy (non-hydrogen) atoms. The van der Waals surface area contributed by atoms with Gasteiger partial charge in [-0.05, 0) is 44.2 Å². The van der Waals surface area contributed by atoms with Crippen molar-refractivity contribution in [3.63, 3.8) is 0 Å². The van der Waals surface area contributed by atoms with Crippen LogP contribution in [0, 0.1) is 0 Å². The van der Waals surface area contributed by atoms with Crippen LogP contribution in [0.3, 0.4) is 0 Å². The van der Waals surface area contributed by atoms with Crippen molar-refractivity contribution in [3.05, 3.63) is 35.9 Å². The molecule has 1 atom stereocenters. The average Bonchev–Trinajstić information content (AvgIpc) is 2.74. The summed E-state index contributed by atoms with van der Waals surface area (Å²) in [6.45, 7) is 6.59. The molecule has 0 amide bonds. The lowest BCUT2D eigenvalue weighted by Gasteiger charge is -2.34. The number of ether oxygens (including phenoxy) is 2. The molecule has 6 nitrogen and oxygen atoms in total. The van der Waals surface area contributed by atoms with Crippen LogP contribution >= 0.6 is 0 Å². The molecule has 2 aliphatic rings. The predicted octanol–water partition coefficient (Wildman–Crippen LogP) is 2.40. The number of nitrogens with zero attached hydrogens (tertiary/aromatic N) is 2. The van der Waals surface area contributed by atoms with Gasteiger partial charge in [0.15, 0.2) is 5.96 Å². The smallest absolute Gasteiger partial charge is 0.191 e. The Balaban J connectivity index is 1.32. The van der Waals surface area contributed by atoms with Crippen LogP contribution in [0.1, 0.15) is 37.7 Å². The summed E-state index contributed by atoms with van der Waals surface area (Å²) >= 11 is 0. The van der Waals surface area contributed by atoms with Crippen molar-refractivity contribution >= 4 is 5.96 Å². The minimum atomic E-state index is 0.379. The molecule has 156 valence electrons. The lowest BCUT2D eigenvalue weighted by atomic mass is 10.0. The molecule has 2 N–H and O–H groups in total. The van der Waals surface area contributed by atoms with E-state index in [9.17, 15) is 0 Å². The van der Waals surface area contributed by atoms with Gasteiger partial charge in [0.05, 0.1) is 6.10 Å². The van der Waals surface area contributed by atoms with Crippen LogP contribution in [0.5, 0.6) is 0 Å². The number of hydrogen-bond donors (Lipinski definition) is 2. The zero-order valence-corrected chi connectivity index (χ0v) is 17.2. The second-order valence-corrected chi connectivity index (χ2v) is 7.74. The maximum Gasteiger partial charge on any atom is 0.191 e. The van der Waals surface area contributed by atoms with E-state index >= 15 is 0 Å². The second-order valence-electron chi connectivity index (χ2n) is 7.74. The highest BCUT2D eigenvalue weighted by atomic mass is 16.5. The standard InChI is InChI=1S/C22H36N4O2/c1-23-22(24-12-6-14-28-21-10-15-27-16-11-21)25-20-9-5-13-26(18-20)17-19-7-3-2-4-8-19/h2-4,7-8,20-21H,5-6,9-18H2,1H3,(H2,23,24,25). The van der Waals surface area contributed by atoms with Gasteiger partial charge in [-0.1, -0.05) is 30.3 Å². The van der Waals surface area contributed by atoms with Crippen LogP contribution in [-0.2, 0) is 16.0 Å². The third kappa shape index (κ3) is 7.41. The molecule has 6 heteroatoms. The van der Waals surface area contributed by atoms with E-state index in [-0.39, 0.29) is 0 Å². The van der Waals surface area contributed by atoms with E-state index in [1.807, 2.05) is 7.05 Å². The van der Waals surface area contributed by atoms with Gasteiger partial charge in [-0.15, -0.1) is 0 Å². The Bertz CT molecular complexity index is 575. The van der Waals surface area contributed by atoms with E-state index in [1.54, 1.807) is 0 Å². The lowest BCUT2D eigenvalue weighted by molar-refractivity contribution is -0.0320. The molecule has 2 fully saturated rings. The quantitative estimate of drug-likeness (QED) is 0.407. The molecule has 2 saturated heterocycles. The molecule has 1 aromatic rings. The highest BCUT2D eigenvalue weighted by Crippen LogP contribution is 2.14. The van der Waals surface area contributed by atoms with Crippen molar-refractivity contribution < 1.29 is 9.47 Å². The first-order chi connectivity index (χ1) is 13.8. The first-order valence-corrected chi connectivity index (χ1v) is 10.8. The third-order valence-electron chi connectivity index (χ3n) is 5.45. The van der Waals surface area contributed by atoms with Crippen molar-refractivity contribution in [3.8, 4) is 0 Å². The number of rotatable bonds is 8. The first kappa shape index (κ1) is 21.1. The number of benzene rings is 1. The van der Waals surface area contributed by atoms with Gasteiger partial charge in [0.1, 0.15) is 0 Å². The summed E-state index contributed by atoms with van der Waals surface area (Å²) in [6, 6.07) is 11.2. The van der Waals surface area contributed by atoms with Gasteiger partial charge < -0.3 is 20.1 Å². The summed E-state index contributed by atoms with van der Waals surface area (Å²) in [6.07, 6.45) is 5.83. The Morgan fingerprint density at radius 2 is 2.04 bits per heavy atom. The molecular weight excluding hydrogens is 352 g/mol. The van der Waals surface area contributed by atoms with Crippen LogP contribution < -0.4 is 10.6 Å². The summed E-state index contributed by atoms with van der Waals surface area (Å²) in [7, 11) is 1.85. The van der Waals surface area contributed by atoms with Crippen LogP contribution in [0.15, 0.2) is 35.3 Å². The second kappa shape index (κ2) is 12.0. The zero-order valence-electron chi connectivity index (χ0n) is 17.2. The molecular formula is C22H36N4O2. The number of guanidine groups is 1. The number of piperidine rings is 1. The molecule has 0 aliphatic carbocycles. The van der Waals surface area contributed by atoms with Crippen LogP contribution in [0.2, 0.25) is 0 Å². The molecule has 0 spiro atoms. The van der Waals surface area contributed by atoms with Crippen LogP contribution in [0.4, 0.5) is 0 Å². The molecule has 0 bridgehead atoms.